The molecule has 0 aliphatic carbocycles. The van der Waals surface area contributed by atoms with Gasteiger partial charge in [0.15, 0.2) is 0 Å². The van der Waals surface area contributed by atoms with Crippen molar-refractivity contribution < 1.29 is 42.7 Å². The van der Waals surface area contributed by atoms with E-state index < -0.39 is 45.1 Å². The molecular weight excluding hydrogens is 765 g/mol. The SMILES string of the molecule is CCCCCC/C=C\CCCCCCCCOCC(COP(=O)(O)OCC(N)C(=O)O)OC(=O)CCCCCCCCCCCCC/C=C\CCCCCCCCCC. The summed E-state index contributed by atoms with van der Waals surface area (Å²) in [4.78, 5) is 33.6. The summed E-state index contributed by atoms with van der Waals surface area (Å²) in [7, 11) is -4.62. The Morgan fingerprint density at radius 3 is 1.31 bits per heavy atom. The number of hydrogen-bond acceptors (Lipinski definition) is 8. The Balaban J connectivity index is 4.11. The standard InChI is InChI=1S/C48H92NO9P/c1-3-5-7-9-11-13-15-17-19-20-21-22-23-24-25-26-27-28-30-32-34-36-38-40-47(50)58-45(43-56-59(53,54)57-44-46(49)48(51)52)42-55-41-39-37-35-33-31-29-18-16-14-12-10-8-6-4-2/h14,16,20-21,45-46H,3-13,15,17-19,22-44,49H2,1-2H3,(H,51,52)(H,53,54)/b16-14-,21-20-. The molecule has 0 rings (SSSR count). The summed E-state index contributed by atoms with van der Waals surface area (Å²) in [5.41, 5.74) is 5.36. The molecule has 0 aliphatic heterocycles. The maximum atomic E-state index is 12.7. The molecular formula is C48H92NO9P. The summed E-state index contributed by atoms with van der Waals surface area (Å²) >= 11 is 0. The predicted molar refractivity (Wildman–Crippen MR) is 245 cm³/mol. The Bertz CT molecular complexity index is 1040. The lowest BCUT2D eigenvalue weighted by Crippen LogP contribution is -2.34. The molecule has 0 spiro atoms. The van der Waals surface area contributed by atoms with Crippen molar-refractivity contribution in [2.24, 2.45) is 5.73 Å². The first-order chi connectivity index (χ1) is 28.7. The highest BCUT2D eigenvalue weighted by molar-refractivity contribution is 7.47. The average Bonchev–Trinajstić information content (AvgIpc) is 3.21. The monoisotopic (exact) mass is 858 g/mol. The highest BCUT2D eigenvalue weighted by Gasteiger charge is 2.27. The number of carboxylic acids is 1. The van der Waals surface area contributed by atoms with Crippen LogP contribution in [0, 0.1) is 0 Å². The maximum absolute atomic E-state index is 12.7. The lowest BCUT2D eigenvalue weighted by atomic mass is 10.0. The topological polar surface area (TPSA) is 155 Å². The van der Waals surface area contributed by atoms with E-state index in [0.29, 0.717) is 13.0 Å². The minimum Gasteiger partial charge on any atom is -0.480 e. The van der Waals surface area contributed by atoms with Crippen LogP contribution in [-0.2, 0) is 32.7 Å². The van der Waals surface area contributed by atoms with E-state index >= 15 is 0 Å². The summed E-state index contributed by atoms with van der Waals surface area (Å²) in [6.45, 7) is 3.88. The molecule has 11 heteroatoms. The molecule has 3 atom stereocenters. The number of carbonyl (C=O) groups excluding carboxylic acids is 1. The van der Waals surface area contributed by atoms with E-state index in [0.717, 1.165) is 44.9 Å². The fourth-order valence-electron chi connectivity index (χ4n) is 6.89. The molecule has 0 aromatic heterocycles. The maximum Gasteiger partial charge on any atom is 0.472 e. The minimum atomic E-state index is -4.62. The van der Waals surface area contributed by atoms with Crippen molar-refractivity contribution in [2.75, 3.05) is 26.4 Å². The number of nitrogens with two attached hydrogens (primary N) is 1. The first-order valence-corrected chi connectivity index (χ1v) is 25.9. The van der Waals surface area contributed by atoms with Crippen molar-refractivity contribution >= 4 is 19.8 Å². The first kappa shape index (κ1) is 57.4. The normalized spacial score (nSPS) is 14.0. The second-order valence-corrected chi connectivity index (χ2v) is 18.0. The second kappa shape index (κ2) is 44.5. The van der Waals surface area contributed by atoms with Gasteiger partial charge in [-0.25, -0.2) is 4.57 Å². The zero-order chi connectivity index (χ0) is 43.3. The van der Waals surface area contributed by atoms with E-state index in [9.17, 15) is 19.0 Å². The van der Waals surface area contributed by atoms with Gasteiger partial charge in [-0.15, -0.1) is 0 Å². The Morgan fingerprint density at radius 2 is 0.881 bits per heavy atom. The number of allylic oxidation sites excluding steroid dienone is 4. The average molecular weight is 858 g/mol. The number of unbranched alkanes of at least 4 members (excludes halogenated alkanes) is 29. The third kappa shape index (κ3) is 44.3. The van der Waals surface area contributed by atoms with Gasteiger partial charge in [-0.05, 0) is 64.2 Å². The van der Waals surface area contributed by atoms with Crippen molar-refractivity contribution in [3.63, 3.8) is 0 Å². The van der Waals surface area contributed by atoms with E-state index in [1.807, 2.05) is 0 Å². The summed E-state index contributed by atoms with van der Waals surface area (Å²) in [6, 6.07) is -1.47. The zero-order valence-electron chi connectivity index (χ0n) is 38.1. The van der Waals surface area contributed by atoms with Gasteiger partial charge in [-0.3, -0.25) is 18.6 Å². The third-order valence-corrected chi connectivity index (χ3v) is 11.7. The zero-order valence-corrected chi connectivity index (χ0v) is 39.0. The van der Waals surface area contributed by atoms with Gasteiger partial charge in [0.1, 0.15) is 12.1 Å². The van der Waals surface area contributed by atoms with Crippen LogP contribution in [0.15, 0.2) is 24.3 Å². The van der Waals surface area contributed by atoms with Gasteiger partial charge in [0.25, 0.3) is 0 Å². The van der Waals surface area contributed by atoms with Crippen molar-refractivity contribution in [3.05, 3.63) is 24.3 Å². The molecule has 0 bridgehead atoms. The molecule has 0 aliphatic rings. The van der Waals surface area contributed by atoms with Crippen molar-refractivity contribution in [2.45, 2.75) is 244 Å². The lowest BCUT2D eigenvalue weighted by Gasteiger charge is -2.20. The number of phosphoric acid groups is 1. The lowest BCUT2D eigenvalue weighted by molar-refractivity contribution is -0.154. The largest absolute Gasteiger partial charge is 0.480 e. The molecule has 0 amide bonds. The molecule has 0 aromatic rings. The molecule has 3 unspecified atom stereocenters. The number of rotatable bonds is 47. The molecule has 0 radical (unpaired) electrons. The van der Waals surface area contributed by atoms with E-state index in [1.54, 1.807) is 0 Å². The van der Waals surface area contributed by atoms with E-state index in [2.05, 4.69) is 38.2 Å². The fourth-order valence-corrected chi connectivity index (χ4v) is 7.67. The van der Waals surface area contributed by atoms with E-state index in [1.165, 1.54) is 161 Å². The van der Waals surface area contributed by atoms with Crippen LogP contribution in [0.5, 0.6) is 0 Å². The summed E-state index contributed by atoms with van der Waals surface area (Å²) in [5.74, 6) is -1.77. The van der Waals surface area contributed by atoms with Crippen molar-refractivity contribution in [3.8, 4) is 0 Å². The minimum absolute atomic E-state index is 0.0155. The summed E-state index contributed by atoms with van der Waals surface area (Å²) < 4.78 is 33.4. The molecule has 348 valence electrons. The van der Waals surface area contributed by atoms with Crippen LogP contribution < -0.4 is 5.73 Å². The quantitative estimate of drug-likeness (QED) is 0.0233. The third-order valence-electron chi connectivity index (χ3n) is 10.7. The highest BCUT2D eigenvalue weighted by Crippen LogP contribution is 2.43. The van der Waals surface area contributed by atoms with Gasteiger partial charge in [0, 0.05) is 13.0 Å². The molecule has 0 aromatic carbocycles. The van der Waals surface area contributed by atoms with E-state index in [4.69, 9.17) is 29.4 Å². The van der Waals surface area contributed by atoms with Gasteiger partial charge in [-0.1, -0.05) is 186 Å². The van der Waals surface area contributed by atoms with Gasteiger partial charge in [0.05, 0.1) is 19.8 Å². The highest BCUT2D eigenvalue weighted by atomic mass is 31.2. The fraction of sp³-hybridized carbons (Fsp3) is 0.875. The number of ether oxygens (including phenoxy) is 2. The summed E-state index contributed by atoms with van der Waals surface area (Å²) in [5, 5.41) is 8.91. The smallest absolute Gasteiger partial charge is 0.472 e. The van der Waals surface area contributed by atoms with Crippen LogP contribution in [0.25, 0.3) is 0 Å². The Morgan fingerprint density at radius 1 is 0.525 bits per heavy atom. The van der Waals surface area contributed by atoms with Crippen LogP contribution in [0.4, 0.5) is 0 Å². The molecule has 59 heavy (non-hydrogen) atoms. The molecule has 4 N–H and O–H groups in total. The van der Waals surface area contributed by atoms with Gasteiger partial charge in [-0.2, -0.15) is 0 Å². The van der Waals surface area contributed by atoms with Gasteiger partial charge < -0.3 is 25.2 Å². The Labute approximate surface area is 362 Å². The van der Waals surface area contributed by atoms with Crippen LogP contribution in [0.2, 0.25) is 0 Å². The summed E-state index contributed by atoms with van der Waals surface area (Å²) in [6.07, 6.45) is 49.5. The van der Waals surface area contributed by atoms with Crippen LogP contribution in [-0.4, -0.2) is 60.5 Å². The molecule has 10 nitrogen and oxygen atoms in total. The molecule has 0 saturated heterocycles. The van der Waals surface area contributed by atoms with Crippen molar-refractivity contribution in [1.82, 2.24) is 0 Å². The van der Waals surface area contributed by atoms with Crippen molar-refractivity contribution in [1.29, 1.82) is 0 Å². The predicted octanol–water partition coefficient (Wildman–Crippen LogP) is 13.9. The second-order valence-electron chi connectivity index (χ2n) is 16.6. The van der Waals surface area contributed by atoms with Crippen LogP contribution in [0.1, 0.15) is 232 Å². The number of carbonyl (C=O) groups is 2. The molecule has 0 heterocycles. The number of phosphoric ester groups is 1. The van der Waals surface area contributed by atoms with Gasteiger partial charge in [0.2, 0.25) is 0 Å². The van der Waals surface area contributed by atoms with Gasteiger partial charge >= 0.3 is 19.8 Å². The number of carboxylic acid groups (broad SMARTS) is 1. The molecule has 0 fully saturated rings. The number of aliphatic carboxylic acids is 1. The van der Waals surface area contributed by atoms with Crippen LogP contribution >= 0.6 is 7.82 Å². The van der Waals surface area contributed by atoms with E-state index in [-0.39, 0.29) is 13.0 Å². The van der Waals surface area contributed by atoms with Crippen LogP contribution in [0.3, 0.4) is 0 Å². The Kier molecular flexibility index (Phi) is 43.3. The number of hydrogen-bond donors (Lipinski definition) is 3. The first-order valence-electron chi connectivity index (χ1n) is 24.4. The number of esters is 1. The Hall–Kier alpha value is -1.55. The molecule has 0 saturated carbocycles.